The molecule has 0 radical (unpaired) electrons. The molecule has 0 aromatic heterocycles. The van der Waals surface area contributed by atoms with E-state index in [0.29, 0.717) is 0 Å². The quantitative estimate of drug-likeness (QED) is 0.542. The molecule has 1 rings (SSSR count). The van der Waals surface area contributed by atoms with Gasteiger partial charge < -0.3 is 10.5 Å². The van der Waals surface area contributed by atoms with Crippen LogP contribution in [0.25, 0.3) is 0 Å². The first-order valence-electron chi connectivity index (χ1n) is 3.15. The van der Waals surface area contributed by atoms with Crippen LogP contribution in [0.1, 0.15) is 19.3 Å². The monoisotopic (exact) mass is 139 g/mol. The zero-order valence-electron chi connectivity index (χ0n) is 5.59. The minimum Gasteiger partial charge on any atom is -0.430 e. The van der Waals surface area contributed by atoms with Crippen LogP contribution in [0.5, 0.6) is 0 Å². The lowest BCUT2D eigenvalue weighted by Crippen LogP contribution is -2.41. The summed E-state index contributed by atoms with van der Waals surface area (Å²) in [7, 11) is 0. The number of ether oxygens (including phenoxy) is 1. The topological polar surface area (TPSA) is 52.3 Å². The largest absolute Gasteiger partial charge is 0.430 e. The summed E-state index contributed by atoms with van der Waals surface area (Å²) >= 11 is 0. The summed E-state index contributed by atoms with van der Waals surface area (Å²) in [5, 5.41) is 0. The lowest BCUT2D eigenvalue weighted by molar-refractivity contribution is 0.00444. The molecule has 0 unspecified atom stereocenters. The van der Waals surface area contributed by atoms with E-state index in [1.165, 1.54) is 0 Å². The number of carbonyl (C=O) groups excluding carboxylic acids is 1. The Morgan fingerprint density at radius 2 is 2.30 bits per heavy atom. The summed E-state index contributed by atoms with van der Waals surface area (Å²) in [5.41, 5.74) is 4.15. The average Bonchev–Trinajstić information content (AvgIpc) is 1.78. The van der Waals surface area contributed by atoms with Crippen molar-refractivity contribution in [1.82, 2.24) is 0 Å². The number of hydrogen-bond donors (Lipinski definition) is 1. The van der Waals surface area contributed by atoms with E-state index < -0.39 is 11.7 Å². The van der Waals surface area contributed by atoms with Gasteiger partial charge in [-0.25, -0.2) is 4.79 Å². The molecule has 1 aliphatic carbocycles. The predicted octanol–water partition coefficient (Wildman–Crippen LogP) is 0.638. The molecule has 10 heavy (non-hydrogen) atoms. The Balaban J connectivity index is 2.51. The number of carbonyl (C=O) groups is 1. The van der Waals surface area contributed by atoms with Crippen molar-refractivity contribution in [2.45, 2.75) is 24.9 Å². The van der Waals surface area contributed by atoms with Crippen LogP contribution in [-0.4, -0.2) is 11.7 Å². The molecule has 0 atom stereocenters. The molecular weight excluding hydrogens is 130 g/mol. The fraction of sp³-hybridized carbons (Fsp3) is 0.571. The molecule has 1 fully saturated rings. The molecule has 2 N–H and O–H groups in total. The molecule has 0 aromatic carbocycles. The second kappa shape index (κ2) is 2.22. The molecule has 3 nitrogen and oxygen atoms in total. The molecule has 1 amide bonds. The number of amides is 1. The fourth-order valence-electron chi connectivity index (χ4n) is 0.966. The smallest absolute Gasteiger partial charge is 0.406 e. The van der Waals surface area contributed by atoms with Crippen LogP contribution in [0.2, 0.25) is 0 Å². The van der Waals surface area contributed by atoms with E-state index in [2.05, 4.69) is 5.92 Å². The normalized spacial score (nSPS) is 20.3. The minimum absolute atomic E-state index is 0.661. The van der Waals surface area contributed by atoms with Crippen LogP contribution < -0.4 is 5.73 Å². The number of rotatable bonds is 1. The third kappa shape index (κ3) is 1.06. The Hall–Kier alpha value is -1.17. The van der Waals surface area contributed by atoms with Crippen molar-refractivity contribution in [2.24, 2.45) is 5.73 Å². The number of terminal acetylenes is 1. The number of primary amides is 1. The Morgan fingerprint density at radius 1 is 1.70 bits per heavy atom. The summed E-state index contributed by atoms with van der Waals surface area (Å²) in [6, 6.07) is 0. The van der Waals surface area contributed by atoms with Gasteiger partial charge in [0, 0.05) is 0 Å². The van der Waals surface area contributed by atoms with Crippen molar-refractivity contribution in [3.05, 3.63) is 0 Å². The zero-order valence-corrected chi connectivity index (χ0v) is 5.59. The maximum Gasteiger partial charge on any atom is 0.406 e. The van der Waals surface area contributed by atoms with Crippen molar-refractivity contribution in [3.63, 3.8) is 0 Å². The Morgan fingerprint density at radius 3 is 2.40 bits per heavy atom. The molecule has 54 valence electrons. The molecule has 1 aliphatic rings. The van der Waals surface area contributed by atoms with Gasteiger partial charge in [0.25, 0.3) is 0 Å². The van der Waals surface area contributed by atoms with Crippen molar-refractivity contribution in [3.8, 4) is 12.3 Å². The lowest BCUT2D eigenvalue weighted by atomic mass is 9.81. The van der Waals surface area contributed by atoms with Gasteiger partial charge >= 0.3 is 6.09 Å². The minimum atomic E-state index is -0.780. The Labute approximate surface area is 59.5 Å². The molecule has 3 heteroatoms. The molecule has 0 bridgehead atoms. The standard InChI is InChI=1S/C7H9NO2/c1-2-7(4-3-5-7)10-6(8)9/h1H,3-5H2,(H2,8,9). The van der Waals surface area contributed by atoms with Gasteiger partial charge in [-0.3, -0.25) is 0 Å². The van der Waals surface area contributed by atoms with Crippen molar-refractivity contribution < 1.29 is 9.53 Å². The van der Waals surface area contributed by atoms with Crippen LogP contribution in [0.4, 0.5) is 4.79 Å². The van der Waals surface area contributed by atoms with E-state index in [1.54, 1.807) is 0 Å². The number of nitrogens with two attached hydrogens (primary N) is 1. The number of hydrogen-bond acceptors (Lipinski definition) is 2. The summed E-state index contributed by atoms with van der Waals surface area (Å²) < 4.78 is 4.73. The highest BCUT2D eigenvalue weighted by Crippen LogP contribution is 2.34. The second-order valence-electron chi connectivity index (χ2n) is 2.41. The molecule has 0 aromatic rings. The van der Waals surface area contributed by atoms with Gasteiger partial charge in [-0.1, -0.05) is 5.92 Å². The highest BCUT2D eigenvalue weighted by Gasteiger charge is 2.38. The van der Waals surface area contributed by atoms with Crippen molar-refractivity contribution >= 4 is 6.09 Å². The van der Waals surface area contributed by atoms with Gasteiger partial charge in [0.15, 0.2) is 5.60 Å². The first kappa shape index (κ1) is 6.94. The molecule has 0 saturated heterocycles. The van der Waals surface area contributed by atoms with Crippen LogP contribution in [0.15, 0.2) is 0 Å². The maximum absolute atomic E-state index is 10.3. The van der Waals surface area contributed by atoms with E-state index in [1.807, 2.05) is 0 Å². The molecule has 0 spiro atoms. The highest BCUT2D eigenvalue weighted by atomic mass is 16.6. The summed E-state index contributed by atoms with van der Waals surface area (Å²) in [5.74, 6) is 2.42. The average molecular weight is 139 g/mol. The highest BCUT2D eigenvalue weighted by molar-refractivity contribution is 5.65. The van der Waals surface area contributed by atoms with Crippen LogP contribution in [-0.2, 0) is 4.74 Å². The predicted molar refractivity (Wildman–Crippen MR) is 36.1 cm³/mol. The van der Waals surface area contributed by atoms with Gasteiger partial charge in [-0.05, 0) is 19.3 Å². The van der Waals surface area contributed by atoms with Crippen LogP contribution in [0, 0.1) is 12.3 Å². The summed E-state index contributed by atoms with van der Waals surface area (Å²) in [6.07, 6.45) is 6.85. The van der Waals surface area contributed by atoms with E-state index in [0.717, 1.165) is 19.3 Å². The molecular formula is C7H9NO2. The summed E-state index contributed by atoms with van der Waals surface area (Å²) in [4.78, 5) is 10.3. The van der Waals surface area contributed by atoms with E-state index in [-0.39, 0.29) is 0 Å². The van der Waals surface area contributed by atoms with E-state index in [9.17, 15) is 4.79 Å². The molecule has 0 heterocycles. The van der Waals surface area contributed by atoms with Gasteiger partial charge in [0.05, 0.1) is 0 Å². The van der Waals surface area contributed by atoms with Crippen LogP contribution in [0.3, 0.4) is 0 Å². The van der Waals surface area contributed by atoms with Crippen LogP contribution >= 0.6 is 0 Å². The fourth-order valence-corrected chi connectivity index (χ4v) is 0.966. The van der Waals surface area contributed by atoms with Crippen molar-refractivity contribution in [1.29, 1.82) is 0 Å². The van der Waals surface area contributed by atoms with Crippen molar-refractivity contribution in [2.75, 3.05) is 0 Å². The van der Waals surface area contributed by atoms with Gasteiger partial charge in [-0.15, -0.1) is 6.42 Å². The van der Waals surface area contributed by atoms with Gasteiger partial charge in [0.1, 0.15) is 0 Å². The van der Waals surface area contributed by atoms with E-state index >= 15 is 0 Å². The first-order chi connectivity index (χ1) is 4.68. The van der Waals surface area contributed by atoms with Gasteiger partial charge in [0.2, 0.25) is 0 Å². The SMILES string of the molecule is C#CC1(OC(N)=O)CCC1. The Kier molecular flexibility index (Phi) is 1.54. The summed E-state index contributed by atoms with van der Waals surface area (Å²) in [6.45, 7) is 0. The third-order valence-electron chi connectivity index (χ3n) is 1.72. The second-order valence-corrected chi connectivity index (χ2v) is 2.41. The third-order valence-corrected chi connectivity index (χ3v) is 1.72. The van der Waals surface area contributed by atoms with Gasteiger partial charge in [-0.2, -0.15) is 0 Å². The molecule has 0 aliphatic heterocycles. The first-order valence-corrected chi connectivity index (χ1v) is 3.15. The Bertz CT molecular complexity index is 188. The maximum atomic E-state index is 10.3. The zero-order chi connectivity index (χ0) is 7.61. The molecule has 1 saturated carbocycles. The van der Waals surface area contributed by atoms with E-state index in [4.69, 9.17) is 16.9 Å². The lowest BCUT2D eigenvalue weighted by Gasteiger charge is -2.35.